The Morgan fingerprint density at radius 2 is 1.73 bits per heavy atom. The fraction of sp³-hybridized carbons (Fsp3) is 0.417. The molecule has 160 valence electrons. The van der Waals surface area contributed by atoms with E-state index in [0.29, 0.717) is 12.0 Å². The molecule has 2 N–H and O–H groups in total. The topological polar surface area (TPSA) is 78.9 Å². The summed E-state index contributed by atoms with van der Waals surface area (Å²) in [5, 5.41) is 12.1. The summed E-state index contributed by atoms with van der Waals surface area (Å²) < 4.78 is 5.40. The molecule has 1 aliphatic rings. The van der Waals surface area contributed by atoms with Crippen LogP contribution in [0.25, 0.3) is 11.1 Å². The zero-order chi connectivity index (χ0) is 21.6. The van der Waals surface area contributed by atoms with E-state index < -0.39 is 5.97 Å². The number of carboxylic acids is 1. The van der Waals surface area contributed by atoms with Crippen LogP contribution in [0, 0.1) is 0 Å². The number of aliphatic carboxylic acids is 1. The molecule has 1 amide bonds. The second-order valence-corrected chi connectivity index (χ2v) is 8.40. The van der Waals surface area contributed by atoms with Gasteiger partial charge >= 0.3 is 5.97 Å². The fourth-order valence-electron chi connectivity index (χ4n) is 3.73. The van der Waals surface area contributed by atoms with E-state index in [0.717, 1.165) is 49.5 Å². The minimum Gasteiger partial charge on any atom is -0.481 e. The van der Waals surface area contributed by atoms with Crippen molar-refractivity contribution < 1.29 is 19.4 Å². The largest absolute Gasteiger partial charge is 0.481 e. The molecule has 6 heteroatoms. The fourth-order valence-corrected chi connectivity index (χ4v) is 3.73. The van der Waals surface area contributed by atoms with Crippen LogP contribution in [-0.4, -0.2) is 60.3 Å². The van der Waals surface area contributed by atoms with E-state index in [9.17, 15) is 9.59 Å². The van der Waals surface area contributed by atoms with Crippen LogP contribution in [0.3, 0.4) is 0 Å². The Hall–Kier alpha value is -2.70. The lowest BCUT2D eigenvalue weighted by Crippen LogP contribution is -2.53. The van der Waals surface area contributed by atoms with Gasteiger partial charge in [0, 0.05) is 37.2 Å². The van der Waals surface area contributed by atoms with Crippen molar-refractivity contribution in [3.63, 3.8) is 0 Å². The van der Waals surface area contributed by atoms with Crippen molar-refractivity contribution in [2.75, 3.05) is 32.8 Å². The summed E-state index contributed by atoms with van der Waals surface area (Å²) in [7, 11) is 0. The first-order valence-corrected chi connectivity index (χ1v) is 10.4. The molecule has 0 spiro atoms. The number of hydrogen-bond acceptors (Lipinski definition) is 4. The maximum absolute atomic E-state index is 12.9. The van der Waals surface area contributed by atoms with Crippen LogP contribution in [0.15, 0.2) is 48.5 Å². The van der Waals surface area contributed by atoms with Crippen molar-refractivity contribution >= 4 is 11.9 Å². The van der Waals surface area contributed by atoms with Gasteiger partial charge in [0.1, 0.15) is 0 Å². The van der Waals surface area contributed by atoms with E-state index in [-0.39, 0.29) is 17.9 Å². The molecule has 0 bridgehead atoms. The molecule has 1 saturated heterocycles. The van der Waals surface area contributed by atoms with Crippen LogP contribution in [0.5, 0.6) is 0 Å². The van der Waals surface area contributed by atoms with Gasteiger partial charge in [-0.2, -0.15) is 0 Å². The Kier molecular flexibility index (Phi) is 7.24. The van der Waals surface area contributed by atoms with Gasteiger partial charge in [0.2, 0.25) is 0 Å². The zero-order valence-electron chi connectivity index (χ0n) is 17.7. The highest BCUT2D eigenvalue weighted by Crippen LogP contribution is 2.23. The van der Waals surface area contributed by atoms with Crippen molar-refractivity contribution in [3.05, 3.63) is 59.7 Å². The number of hydrogen-bond donors (Lipinski definition) is 2. The maximum atomic E-state index is 12.9. The Balaban J connectivity index is 1.69. The Morgan fingerprint density at radius 1 is 1.07 bits per heavy atom. The monoisotopic (exact) mass is 410 g/mol. The lowest BCUT2D eigenvalue weighted by atomic mass is 9.98. The Bertz CT molecular complexity index is 888. The molecule has 6 nitrogen and oxygen atoms in total. The van der Waals surface area contributed by atoms with Gasteiger partial charge in [-0.1, -0.05) is 36.4 Å². The molecular formula is C24H30N2O4. The third-order valence-electron chi connectivity index (χ3n) is 5.19. The second kappa shape index (κ2) is 9.87. The quantitative estimate of drug-likeness (QED) is 0.699. The van der Waals surface area contributed by atoms with Crippen molar-refractivity contribution in [3.8, 4) is 11.1 Å². The average Bonchev–Trinajstić information content (AvgIpc) is 2.72. The molecule has 3 rings (SSSR count). The normalized spacial score (nSPS) is 15.0. The Morgan fingerprint density at radius 3 is 2.43 bits per heavy atom. The summed E-state index contributed by atoms with van der Waals surface area (Å²) >= 11 is 0. The summed E-state index contributed by atoms with van der Waals surface area (Å²) in [5.41, 5.74) is 3.13. The lowest BCUT2D eigenvalue weighted by Gasteiger charge is -2.35. The smallest absolute Gasteiger partial charge is 0.303 e. The van der Waals surface area contributed by atoms with Gasteiger partial charge in [0.25, 0.3) is 5.91 Å². The number of carbonyl (C=O) groups is 2. The molecule has 2 aromatic carbocycles. The van der Waals surface area contributed by atoms with Gasteiger partial charge in [-0.25, -0.2) is 0 Å². The number of carboxylic acid groups (broad SMARTS) is 1. The first kappa shape index (κ1) is 22.0. The number of benzene rings is 2. The number of carbonyl (C=O) groups excluding carboxylic acids is 1. The first-order valence-electron chi connectivity index (χ1n) is 10.4. The molecule has 30 heavy (non-hydrogen) atoms. The maximum Gasteiger partial charge on any atom is 0.303 e. The summed E-state index contributed by atoms with van der Waals surface area (Å²) in [6.45, 7) is 8.08. The predicted octanol–water partition coefficient (Wildman–Crippen LogP) is 3.21. The van der Waals surface area contributed by atoms with Crippen LogP contribution < -0.4 is 5.32 Å². The minimum atomic E-state index is -0.807. The molecular weight excluding hydrogens is 380 g/mol. The van der Waals surface area contributed by atoms with Crippen LogP contribution in [0.4, 0.5) is 0 Å². The highest BCUT2D eigenvalue weighted by atomic mass is 16.5. The van der Waals surface area contributed by atoms with E-state index in [4.69, 9.17) is 9.84 Å². The Labute approximate surface area is 177 Å². The molecule has 2 aromatic rings. The summed E-state index contributed by atoms with van der Waals surface area (Å²) in [5.74, 6) is -0.907. The van der Waals surface area contributed by atoms with Crippen molar-refractivity contribution in [1.29, 1.82) is 0 Å². The molecule has 1 heterocycles. The third kappa shape index (κ3) is 6.40. The van der Waals surface area contributed by atoms with Crippen LogP contribution in [0.2, 0.25) is 0 Å². The zero-order valence-corrected chi connectivity index (χ0v) is 17.7. The van der Waals surface area contributed by atoms with E-state index in [1.165, 1.54) is 0 Å². The minimum absolute atomic E-state index is 0.0999. The van der Waals surface area contributed by atoms with E-state index in [2.05, 4.69) is 10.2 Å². The predicted molar refractivity (Wildman–Crippen MR) is 117 cm³/mol. The molecule has 0 aromatic heterocycles. The number of amides is 1. The molecule has 0 saturated carbocycles. The number of nitrogens with zero attached hydrogens (tertiary/aromatic N) is 1. The SMILES string of the molecule is CC(C)(CN1CCOCC1)NC(=O)c1cccc(-c2cccc(CCC(=O)O)c2)c1. The summed E-state index contributed by atoms with van der Waals surface area (Å²) in [4.78, 5) is 26.1. The molecule has 0 radical (unpaired) electrons. The third-order valence-corrected chi connectivity index (χ3v) is 5.19. The number of morpholine rings is 1. The van der Waals surface area contributed by atoms with E-state index in [1.54, 1.807) is 0 Å². The molecule has 0 unspecified atom stereocenters. The van der Waals surface area contributed by atoms with Gasteiger partial charge in [0.15, 0.2) is 0 Å². The van der Waals surface area contributed by atoms with Gasteiger partial charge in [-0.3, -0.25) is 14.5 Å². The van der Waals surface area contributed by atoms with Crippen LogP contribution in [-0.2, 0) is 16.0 Å². The standard InChI is InChI=1S/C24H30N2O4/c1-24(2,17-26-11-13-30-14-12-26)25-23(29)21-8-4-7-20(16-21)19-6-3-5-18(15-19)9-10-22(27)28/h3-8,15-16H,9-14,17H2,1-2H3,(H,25,29)(H,27,28). The van der Waals surface area contributed by atoms with Crippen molar-refractivity contribution in [2.45, 2.75) is 32.2 Å². The molecule has 0 atom stereocenters. The van der Waals surface area contributed by atoms with E-state index in [1.807, 2.05) is 62.4 Å². The number of ether oxygens (including phenoxy) is 1. The van der Waals surface area contributed by atoms with Gasteiger partial charge in [-0.15, -0.1) is 0 Å². The van der Waals surface area contributed by atoms with Gasteiger partial charge in [0.05, 0.1) is 13.2 Å². The van der Waals surface area contributed by atoms with Crippen LogP contribution >= 0.6 is 0 Å². The summed E-state index contributed by atoms with van der Waals surface area (Å²) in [6, 6.07) is 15.4. The second-order valence-electron chi connectivity index (χ2n) is 8.40. The lowest BCUT2D eigenvalue weighted by molar-refractivity contribution is -0.136. The molecule has 1 fully saturated rings. The highest BCUT2D eigenvalue weighted by Gasteiger charge is 2.25. The van der Waals surface area contributed by atoms with Crippen molar-refractivity contribution in [1.82, 2.24) is 10.2 Å². The number of rotatable bonds is 8. The van der Waals surface area contributed by atoms with E-state index >= 15 is 0 Å². The highest BCUT2D eigenvalue weighted by molar-refractivity contribution is 5.96. The first-order chi connectivity index (χ1) is 14.3. The van der Waals surface area contributed by atoms with Gasteiger partial charge in [-0.05, 0) is 49.1 Å². The molecule has 0 aliphatic carbocycles. The van der Waals surface area contributed by atoms with Crippen LogP contribution in [0.1, 0.15) is 36.2 Å². The molecule has 1 aliphatic heterocycles. The average molecular weight is 411 g/mol. The van der Waals surface area contributed by atoms with Crippen molar-refractivity contribution in [2.24, 2.45) is 0 Å². The summed E-state index contributed by atoms with van der Waals surface area (Å²) in [6.07, 6.45) is 0.587. The van der Waals surface area contributed by atoms with Gasteiger partial charge < -0.3 is 15.2 Å². The number of aryl methyl sites for hydroxylation is 1. The number of nitrogens with one attached hydrogen (secondary N) is 1.